The van der Waals surface area contributed by atoms with E-state index in [0.717, 1.165) is 8.95 Å². The summed E-state index contributed by atoms with van der Waals surface area (Å²) in [5, 5.41) is 20.4. The van der Waals surface area contributed by atoms with Crippen LogP contribution in [0.15, 0.2) is 43.2 Å². The Morgan fingerprint density at radius 1 is 0.828 bits per heavy atom. The molecule has 2 N–H and O–H groups in total. The van der Waals surface area contributed by atoms with Gasteiger partial charge in [0.25, 0.3) is 0 Å². The fourth-order valence-corrected chi connectivity index (χ4v) is 3.44. The third-order valence-corrected chi connectivity index (χ3v) is 4.99. The van der Waals surface area contributed by atoms with E-state index in [1.54, 1.807) is 36.7 Å². The summed E-state index contributed by atoms with van der Waals surface area (Å²) in [6, 6.07) is 6.93. The first-order valence-corrected chi connectivity index (χ1v) is 10.4. The number of methoxy groups -OCH3 is 2. The number of halogens is 2. The second-order valence-electron chi connectivity index (χ2n) is 7.20. The number of aliphatic imine (C=N–C) groups is 2. The highest BCUT2D eigenvalue weighted by molar-refractivity contribution is 9.10. The van der Waals surface area contributed by atoms with Gasteiger partial charge in [-0.05, 0) is 24.3 Å². The van der Waals surface area contributed by atoms with Gasteiger partial charge in [-0.1, -0.05) is 45.7 Å². The van der Waals surface area contributed by atoms with Gasteiger partial charge >= 0.3 is 0 Å². The highest BCUT2D eigenvalue weighted by Gasteiger charge is 2.17. The zero-order valence-corrected chi connectivity index (χ0v) is 19.9. The van der Waals surface area contributed by atoms with Crippen LogP contribution in [0, 0.1) is 5.41 Å². The molecule has 0 aromatic heterocycles. The third kappa shape index (κ3) is 6.47. The van der Waals surface area contributed by atoms with E-state index in [2.05, 4.69) is 41.8 Å². The van der Waals surface area contributed by atoms with Crippen LogP contribution in [-0.4, -0.2) is 50.0 Å². The fourth-order valence-electron chi connectivity index (χ4n) is 2.53. The molecular weight excluding hydrogens is 504 g/mol. The van der Waals surface area contributed by atoms with Crippen molar-refractivity contribution >= 4 is 44.3 Å². The van der Waals surface area contributed by atoms with Crippen molar-refractivity contribution in [2.75, 3.05) is 27.3 Å². The summed E-state index contributed by atoms with van der Waals surface area (Å²) in [5.41, 5.74) is 0.924. The summed E-state index contributed by atoms with van der Waals surface area (Å²) in [6.07, 6.45) is 3.25. The summed E-state index contributed by atoms with van der Waals surface area (Å²) >= 11 is 6.78. The zero-order chi connectivity index (χ0) is 21.6. The van der Waals surface area contributed by atoms with Gasteiger partial charge in [0.05, 0.1) is 14.2 Å². The van der Waals surface area contributed by atoms with Crippen LogP contribution in [0.3, 0.4) is 0 Å². The quantitative estimate of drug-likeness (QED) is 0.462. The highest BCUT2D eigenvalue weighted by atomic mass is 79.9. The summed E-state index contributed by atoms with van der Waals surface area (Å²) in [6.45, 7) is 5.10. The third-order valence-electron chi connectivity index (χ3n) is 4.08. The molecule has 0 aliphatic carbocycles. The lowest BCUT2D eigenvalue weighted by atomic mass is 9.94. The lowest BCUT2D eigenvalue weighted by Gasteiger charge is -2.19. The molecule has 0 spiro atoms. The Bertz CT molecular complexity index is 854. The number of nitrogens with zero attached hydrogens (tertiary/aromatic N) is 2. The number of hydrogen-bond acceptors (Lipinski definition) is 6. The van der Waals surface area contributed by atoms with Crippen LogP contribution in [0.4, 0.5) is 0 Å². The Kier molecular flexibility index (Phi) is 8.10. The normalized spacial score (nSPS) is 12.1. The maximum Gasteiger partial charge on any atom is 0.166 e. The zero-order valence-electron chi connectivity index (χ0n) is 16.7. The SMILES string of the molecule is COc1cc(Br)cc(C=NCC(C)(C)CN=Cc2cc(Br)cc(OC)c2O)c1O. The van der Waals surface area contributed by atoms with E-state index in [1.165, 1.54) is 14.2 Å². The fraction of sp³-hybridized carbons (Fsp3) is 0.333. The highest BCUT2D eigenvalue weighted by Crippen LogP contribution is 2.33. The molecule has 0 saturated heterocycles. The van der Waals surface area contributed by atoms with E-state index >= 15 is 0 Å². The monoisotopic (exact) mass is 526 g/mol. The van der Waals surface area contributed by atoms with Gasteiger partial charge in [-0.3, -0.25) is 9.98 Å². The van der Waals surface area contributed by atoms with Crippen LogP contribution >= 0.6 is 31.9 Å². The minimum Gasteiger partial charge on any atom is -0.504 e. The molecule has 0 atom stereocenters. The molecule has 2 aromatic carbocycles. The molecule has 0 radical (unpaired) electrons. The van der Waals surface area contributed by atoms with Crippen molar-refractivity contribution in [1.82, 2.24) is 0 Å². The standard InChI is InChI=1S/C21H24Br2N2O4/c1-21(2,11-24-9-13-5-15(22)7-17(28-3)19(13)26)12-25-10-14-6-16(23)8-18(29-4)20(14)27/h5-10,26-27H,11-12H2,1-4H3. The van der Waals surface area contributed by atoms with Gasteiger partial charge in [-0.15, -0.1) is 0 Å². The molecule has 156 valence electrons. The van der Waals surface area contributed by atoms with Crippen molar-refractivity contribution in [2.45, 2.75) is 13.8 Å². The van der Waals surface area contributed by atoms with Crippen LogP contribution in [0.25, 0.3) is 0 Å². The van der Waals surface area contributed by atoms with E-state index in [4.69, 9.17) is 9.47 Å². The molecule has 6 nitrogen and oxygen atoms in total. The van der Waals surface area contributed by atoms with Crippen LogP contribution in [-0.2, 0) is 0 Å². The van der Waals surface area contributed by atoms with Crippen LogP contribution in [0.5, 0.6) is 23.0 Å². The van der Waals surface area contributed by atoms with Crippen LogP contribution in [0.1, 0.15) is 25.0 Å². The number of phenols is 2. The van der Waals surface area contributed by atoms with E-state index < -0.39 is 0 Å². The number of rotatable bonds is 8. The molecule has 2 rings (SSSR count). The second-order valence-corrected chi connectivity index (χ2v) is 9.03. The number of aromatic hydroxyl groups is 2. The van der Waals surface area contributed by atoms with Gasteiger partial charge in [0, 0.05) is 51.0 Å². The smallest absolute Gasteiger partial charge is 0.166 e. The predicted molar refractivity (Wildman–Crippen MR) is 123 cm³/mol. The predicted octanol–water partition coefficient (Wildman–Crippen LogP) is 5.20. The summed E-state index contributed by atoms with van der Waals surface area (Å²) < 4.78 is 11.9. The minimum atomic E-state index is -0.218. The molecule has 29 heavy (non-hydrogen) atoms. The van der Waals surface area contributed by atoms with Crippen molar-refractivity contribution in [3.63, 3.8) is 0 Å². The molecule has 0 aliphatic rings. The number of ether oxygens (including phenoxy) is 2. The van der Waals surface area contributed by atoms with E-state index in [-0.39, 0.29) is 16.9 Å². The van der Waals surface area contributed by atoms with Crippen molar-refractivity contribution in [2.24, 2.45) is 15.4 Å². The van der Waals surface area contributed by atoms with Crippen molar-refractivity contribution in [3.05, 3.63) is 44.3 Å². The number of phenolic OH excluding ortho intramolecular Hbond substituents is 2. The van der Waals surface area contributed by atoms with Gasteiger partial charge in [0.15, 0.2) is 23.0 Å². The largest absolute Gasteiger partial charge is 0.504 e. The van der Waals surface area contributed by atoms with Crippen molar-refractivity contribution in [1.29, 1.82) is 0 Å². The number of hydrogen-bond donors (Lipinski definition) is 2. The minimum absolute atomic E-state index is 0.0503. The molecule has 0 bridgehead atoms. The summed E-state index contributed by atoms with van der Waals surface area (Å²) in [7, 11) is 3.00. The molecule has 0 unspecified atom stereocenters. The topological polar surface area (TPSA) is 83.6 Å². The molecule has 0 aliphatic heterocycles. The molecule has 0 amide bonds. The van der Waals surface area contributed by atoms with E-state index in [9.17, 15) is 10.2 Å². The van der Waals surface area contributed by atoms with Crippen molar-refractivity contribution < 1.29 is 19.7 Å². The first-order valence-electron chi connectivity index (χ1n) is 8.79. The Balaban J connectivity index is 2.06. The summed E-state index contributed by atoms with van der Waals surface area (Å²) in [5.74, 6) is 0.867. The van der Waals surface area contributed by atoms with Gasteiger partial charge in [-0.2, -0.15) is 0 Å². The lowest BCUT2D eigenvalue weighted by Crippen LogP contribution is -2.19. The lowest BCUT2D eigenvalue weighted by molar-refractivity contribution is 0.372. The van der Waals surface area contributed by atoms with Gasteiger partial charge in [-0.25, -0.2) is 0 Å². The van der Waals surface area contributed by atoms with Crippen LogP contribution < -0.4 is 9.47 Å². The molecule has 0 heterocycles. The maximum atomic E-state index is 10.2. The Morgan fingerprint density at radius 3 is 1.55 bits per heavy atom. The number of benzene rings is 2. The first kappa shape index (κ1) is 23.2. The Labute approximate surface area is 187 Å². The first-order chi connectivity index (χ1) is 13.7. The average molecular weight is 528 g/mol. The van der Waals surface area contributed by atoms with Gasteiger partial charge < -0.3 is 19.7 Å². The van der Waals surface area contributed by atoms with Crippen molar-refractivity contribution in [3.8, 4) is 23.0 Å². The average Bonchev–Trinajstić information content (AvgIpc) is 2.66. The van der Waals surface area contributed by atoms with Gasteiger partial charge in [0.2, 0.25) is 0 Å². The Morgan fingerprint density at radius 2 is 1.21 bits per heavy atom. The van der Waals surface area contributed by atoms with E-state index in [0.29, 0.717) is 35.7 Å². The molecule has 8 heteroatoms. The maximum absolute atomic E-state index is 10.2. The van der Waals surface area contributed by atoms with Crippen LogP contribution in [0.2, 0.25) is 0 Å². The molecular formula is C21H24Br2N2O4. The Hall–Kier alpha value is -2.06. The summed E-state index contributed by atoms with van der Waals surface area (Å²) in [4.78, 5) is 8.93. The second kappa shape index (κ2) is 10.1. The molecule has 2 aromatic rings. The van der Waals surface area contributed by atoms with E-state index in [1.807, 2.05) is 13.8 Å². The van der Waals surface area contributed by atoms with Gasteiger partial charge in [0.1, 0.15) is 0 Å². The molecule has 0 fully saturated rings. The molecule has 0 saturated carbocycles.